The van der Waals surface area contributed by atoms with Crippen LogP contribution in [0.1, 0.15) is 18.4 Å². The number of piperidine rings is 1. The van der Waals surface area contributed by atoms with Crippen molar-refractivity contribution in [2.75, 3.05) is 19.6 Å². The SMILES string of the molecule is Cl.N#Cc1cccc(S(=O)(=O)NCC2CCCNC2)c1. The highest BCUT2D eigenvalue weighted by molar-refractivity contribution is 7.89. The number of nitrogens with one attached hydrogen (secondary N) is 2. The molecule has 0 aliphatic carbocycles. The van der Waals surface area contributed by atoms with Crippen molar-refractivity contribution in [2.24, 2.45) is 5.92 Å². The molecular formula is C13H18ClN3O2S. The van der Waals surface area contributed by atoms with E-state index in [-0.39, 0.29) is 17.3 Å². The van der Waals surface area contributed by atoms with Gasteiger partial charge in [-0.3, -0.25) is 0 Å². The first-order chi connectivity index (χ1) is 9.12. The zero-order chi connectivity index (χ0) is 13.7. The van der Waals surface area contributed by atoms with Gasteiger partial charge in [0.2, 0.25) is 10.0 Å². The van der Waals surface area contributed by atoms with E-state index in [0.717, 1.165) is 25.9 Å². The van der Waals surface area contributed by atoms with Crippen LogP contribution < -0.4 is 10.0 Å². The van der Waals surface area contributed by atoms with Crippen LogP contribution in [0.4, 0.5) is 0 Å². The Hall–Kier alpha value is -1.13. The largest absolute Gasteiger partial charge is 0.316 e. The van der Waals surface area contributed by atoms with Crippen molar-refractivity contribution in [1.29, 1.82) is 5.26 Å². The van der Waals surface area contributed by atoms with Gasteiger partial charge in [-0.1, -0.05) is 6.07 Å². The summed E-state index contributed by atoms with van der Waals surface area (Å²) in [4.78, 5) is 0.148. The first kappa shape index (κ1) is 16.9. The quantitative estimate of drug-likeness (QED) is 0.876. The third-order valence-electron chi connectivity index (χ3n) is 3.23. The lowest BCUT2D eigenvalue weighted by atomic mass is 10.0. The highest BCUT2D eigenvalue weighted by atomic mass is 35.5. The van der Waals surface area contributed by atoms with Crippen molar-refractivity contribution in [3.05, 3.63) is 29.8 Å². The Morgan fingerprint density at radius 3 is 2.90 bits per heavy atom. The molecule has 5 nitrogen and oxygen atoms in total. The molecule has 0 spiro atoms. The van der Waals surface area contributed by atoms with Gasteiger partial charge >= 0.3 is 0 Å². The molecule has 0 saturated carbocycles. The van der Waals surface area contributed by atoms with E-state index >= 15 is 0 Å². The second kappa shape index (κ2) is 7.60. The summed E-state index contributed by atoms with van der Waals surface area (Å²) in [6, 6.07) is 8.00. The Labute approximate surface area is 125 Å². The zero-order valence-electron chi connectivity index (χ0n) is 11.0. The summed E-state index contributed by atoms with van der Waals surface area (Å²) in [7, 11) is -3.52. The van der Waals surface area contributed by atoms with Gasteiger partial charge in [0.15, 0.2) is 0 Å². The molecule has 0 amide bonds. The van der Waals surface area contributed by atoms with Gasteiger partial charge in [0.25, 0.3) is 0 Å². The molecule has 1 aromatic carbocycles. The lowest BCUT2D eigenvalue weighted by Gasteiger charge is -2.22. The standard InChI is InChI=1S/C13H17N3O2S.ClH/c14-8-11-3-1-5-13(7-11)19(17,18)16-10-12-4-2-6-15-9-12;/h1,3,5,7,12,15-16H,2,4,6,9-10H2;1H. The molecule has 20 heavy (non-hydrogen) atoms. The predicted molar refractivity (Wildman–Crippen MR) is 79.2 cm³/mol. The molecule has 1 aliphatic rings. The van der Waals surface area contributed by atoms with E-state index in [1.54, 1.807) is 12.1 Å². The Balaban J connectivity index is 0.00000200. The summed E-state index contributed by atoms with van der Waals surface area (Å²) in [6.45, 7) is 2.29. The maximum atomic E-state index is 12.1. The fourth-order valence-electron chi connectivity index (χ4n) is 2.14. The predicted octanol–water partition coefficient (Wildman–Crippen LogP) is 1.26. The van der Waals surface area contributed by atoms with E-state index in [0.29, 0.717) is 18.0 Å². The minimum absolute atomic E-state index is 0. The van der Waals surface area contributed by atoms with Gasteiger partial charge in [-0.05, 0) is 50.0 Å². The average molecular weight is 316 g/mol. The summed E-state index contributed by atoms with van der Waals surface area (Å²) in [5, 5.41) is 12.0. The third kappa shape index (κ3) is 4.46. The van der Waals surface area contributed by atoms with Crippen LogP contribution in [-0.4, -0.2) is 28.1 Å². The minimum Gasteiger partial charge on any atom is -0.316 e. The van der Waals surface area contributed by atoms with E-state index in [1.165, 1.54) is 12.1 Å². The number of sulfonamides is 1. The molecule has 2 N–H and O–H groups in total. The molecule has 1 aliphatic heterocycles. The number of rotatable bonds is 4. The Bertz CT molecular complexity index is 578. The van der Waals surface area contributed by atoms with Crippen molar-refractivity contribution in [3.63, 3.8) is 0 Å². The van der Waals surface area contributed by atoms with Gasteiger partial charge in [0.1, 0.15) is 0 Å². The average Bonchev–Trinajstić information content (AvgIpc) is 2.46. The van der Waals surface area contributed by atoms with E-state index in [4.69, 9.17) is 5.26 Å². The van der Waals surface area contributed by atoms with Crippen LogP contribution in [0.5, 0.6) is 0 Å². The molecule has 2 rings (SSSR count). The Morgan fingerprint density at radius 1 is 1.45 bits per heavy atom. The summed E-state index contributed by atoms with van der Waals surface area (Å²) >= 11 is 0. The summed E-state index contributed by atoms with van der Waals surface area (Å²) in [5.74, 6) is 0.336. The highest BCUT2D eigenvalue weighted by Crippen LogP contribution is 2.13. The number of hydrogen-bond acceptors (Lipinski definition) is 4. The fraction of sp³-hybridized carbons (Fsp3) is 0.462. The van der Waals surface area contributed by atoms with E-state index < -0.39 is 10.0 Å². The topological polar surface area (TPSA) is 82.0 Å². The molecule has 1 fully saturated rings. The fourth-order valence-corrected chi connectivity index (χ4v) is 3.30. The number of hydrogen-bond donors (Lipinski definition) is 2. The lowest BCUT2D eigenvalue weighted by molar-refractivity contribution is 0.376. The van der Waals surface area contributed by atoms with Crippen LogP contribution in [-0.2, 0) is 10.0 Å². The number of halogens is 1. The van der Waals surface area contributed by atoms with Crippen LogP contribution in [0.15, 0.2) is 29.2 Å². The third-order valence-corrected chi connectivity index (χ3v) is 4.66. The van der Waals surface area contributed by atoms with E-state index in [9.17, 15) is 8.42 Å². The second-order valence-corrected chi connectivity index (χ2v) is 6.47. The Morgan fingerprint density at radius 2 is 2.25 bits per heavy atom. The van der Waals surface area contributed by atoms with Crippen molar-refractivity contribution < 1.29 is 8.42 Å². The first-order valence-electron chi connectivity index (χ1n) is 6.32. The van der Waals surface area contributed by atoms with Gasteiger partial charge in [0.05, 0.1) is 16.5 Å². The molecule has 1 unspecified atom stereocenters. The van der Waals surface area contributed by atoms with Crippen LogP contribution in [0.3, 0.4) is 0 Å². The molecule has 1 atom stereocenters. The molecular weight excluding hydrogens is 298 g/mol. The van der Waals surface area contributed by atoms with Crippen LogP contribution in [0.2, 0.25) is 0 Å². The number of nitrogens with zero attached hydrogens (tertiary/aromatic N) is 1. The Kier molecular flexibility index (Phi) is 6.43. The van der Waals surface area contributed by atoms with Crippen molar-refractivity contribution in [3.8, 4) is 6.07 Å². The zero-order valence-corrected chi connectivity index (χ0v) is 12.6. The summed E-state index contributed by atoms with van der Waals surface area (Å²) in [6.07, 6.45) is 2.12. The molecule has 1 heterocycles. The highest BCUT2D eigenvalue weighted by Gasteiger charge is 2.18. The van der Waals surface area contributed by atoms with E-state index in [1.807, 2.05) is 6.07 Å². The first-order valence-corrected chi connectivity index (χ1v) is 7.81. The molecule has 0 radical (unpaired) electrons. The van der Waals surface area contributed by atoms with Gasteiger partial charge in [-0.2, -0.15) is 5.26 Å². The number of nitriles is 1. The van der Waals surface area contributed by atoms with Crippen molar-refractivity contribution in [1.82, 2.24) is 10.0 Å². The normalized spacial score (nSPS) is 18.9. The maximum Gasteiger partial charge on any atom is 0.240 e. The van der Waals surface area contributed by atoms with Crippen molar-refractivity contribution >= 4 is 22.4 Å². The maximum absolute atomic E-state index is 12.1. The molecule has 1 aromatic rings. The van der Waals surface area contributed by atoms with Gasteiger partial charge in [-0.15, -0.1) is 12.4 Å². The lowest BCUT2D eigenvalue weighted by Crippen LogP contribution is -2.38. The minimum atomic E-state index is -3.52. The molecule has 0 aromatic heterocycles. The van der Waals surface area contributed by atoms with Crippen molar-refractivity contribution in [2.45, 2.75) is 17.7 Å². The van der Waals surface area contributed by atoms with Gasteiger partial charge in [-0.25, -0.2) is 13.1 Å². The van der Waals surface area contributed by atoms with Crippen LogP contribution in [0, 0.1) is 17.2 Å². The molecule has 7 heteroatoms. The van der Waals surface area contributed by atoms with Crippen LogP contribution in [0.25, 0.3) is 0 Å². The summed E-state index contributed by atoms with van der Waals surface area (Å²) in [5.41, 5.74) is 0.349. The van der Waals surface area contributed by atoms with E-state index in [2.05, 4.69) is 10.0 Å². The second-order valence-electron chi connectivity index (χ2n) is 4.70. The number of benzene rings is 1. The smallest absolute Gasteiger partial charge is 0.240 e. The van der Waals surface area contributed by atoms with Gasteiger partial charge in [0, 0.05) is 6.54 Å². The molecule has 1 saturated heterocycles. The summed E-state index contributed by atoms with van der Waals surface area (Å²) < 4.78 is 26.8. The van der Waals surface area contributed by atoms with Gasteiger partial charge < -0.3 is 5.32 Å². The molecule has 0 bridgehead atoms. The monoisotopic (exact) mass is 315 g/mol. The molecule has 110 valence electrons. The van der Waals surface area contributed by atoms with Crippen LogP contribution >= 0.6 is 12.4 Å².